The van der Waals surface area contributed by atoms with Gasteiger partial charge in [0, 0.05) is 25.0 Å². The van der Waals surface area contributed by atoms with Gasteiger partial charge in [-0.2, -0.15) is 0 Å². The zero-order valence-corrected chi connectivity index (χ0v) is 15.5. The Balaban J connectivity index is 3.23. The minimum atomic E-state index is -0.240. The molecule has 0 unspecified atom stereocenters. The van der Waals surface area contributed by atoms with Crippen LogP contribution in [0.1, 0.15) is 60.8 Å². The molecule has 0 fully saturated rings. The van der Waals surface area contributed by atoms with Crippen LogP contribution in [-0.4, -0.2) is 45.4 Å². The van der Waals surface area contributed by atoms with E-state index in [1.807, 2.05) is 20.8 Å². The fourth-order valence-corrected chi connectivity index (χ4v) is 1.63. The van der Waals surface area contributed by atoms with E-state index in [-0.39, 0.29) is 5.41 Å². The summed E-state index contributed by atoms with van der Waals surface area (Å²) in [5.41, 5.74) is 0.0825. The molecule has 132 valence electrons. The summed E-state index contributed by atoms with van der Waals surface area (Å²) in [6, 6.07) is 0. The molecule has 0 saturated heterocycles. The molecule has 0 saturated carbocycles. The Morgan fingerprint density at radius 1 is 0.727 bits per heavy atom. The van der Waals surface area contributed by atoms with Gasteiger partial charge >= 0.3 is 0 Å². The summed E-state index contributed by atoms with van der Waals surface area (Å²) >= 11 is 0. The van der Waals surface area contributed by atoms with Crippen LogP contribution in [-0.2, 0) is 19.0 Å². The molecule has 0 aliphatic heterocycles. The molecule has 0 N–H and O–H groups in total. The fraction of sp³-hybridized carbons (Fsp3) is 0.944. The average molecular weight is 316 g/mol. The number of hydrogen-bond donors (Lipinski definition) is 0. The van der Waals surface area contributed by atoms with Crippen LogP contribution in [0.2, 0.25) is 0 Å². The first-order valence-electron chi connectivity index (χ1n) is 8.39. The van der Waals surface area contributed by atoms with Crippen LogP contribution < -0.4 is 0 Å². The van der Waals surface area contributed by atoms with Gasteiger partial charge in [0.15, 0.2) is 0 Å². The number of rotatable bonds is 12. The van der Waals surface area contributed by atoms with Gasteiger partial charge in [-0.1, -0.05) is 41.5 Å². The van der Waals surface area contributed by atoms with Gasteiger partial charge in [0.2, 0.25) is 0 Å². The van der Waals surface area contributed by atoms with Crippen molar-refractivity contribution in [1.82, 2.24) is 0 Å². The largest absolute Gasteiger partial charge is 0.379 e. The SMILES string of the molecule is CC(C)(C)CCOCCOCCOCCCC(=O)C(C)(C)C. The number of carbonyl (C=O) groups excluding carboxylic acids is 1. The lowest BCUT2D eigenvalue weighted by atomic mass is 9.88. The smallest absolute Gasteiger partial charge is 0.138 e. The van der Waals surface area contributed by atoms with E-state index in [0.717, 1.165) is 19.4 Å². The van der Waals surface area contributed by atoms with Crippen molar-refractivity contribution in [3.63, 3.8) is 0 Å². The minimum Gasteiger partial charge on any atom is -0.379 e. The van der Waals surface area contributed by atoms with Gasteiger partial charge in [-0.05, 0) is 18.3 Å². The molecule has 0 amide bonds. The van der Waals surface area contributed by atoms with Crippen molar-refractivity contribution in [3.8, 4) is 0 Å². The lowest BCUT2D eigenvalue weighted by molar-refractivity contribution is -0.126. The summed E-state index contributed by atoms with van der Waals surface area (Å²) in [6.45, 7) is 16.3. The van der Waals surface area contributed by atoms with E-state index in [0.29, 0.717) is 50.7 Å². The minimum absolute atomic E-state index is 0.240. The predicted molar refractivity (Wildman–Crippen MR) is 90.2 cm³/mol. The van der Waals surface area contributed by atoms with E-state index in [1.54, 1.807) is 0 Å². The molecular formula is C18H36O4. The second-order valence-corrected chi connectivity index (χ2v) is 7.92. The van der Waals surface area contributed by atoms with E-state index in [1.165, 1.54) is 0 Å². The second-order valence-electron chi connectivity index (χ2n) is 7.92. The number of Topliss-reactive ketones (excluding diaryl/α,β-unsaturated/α-hetero) is 1. The molecule has 0 atom stereocenters. The first-order valence-corrected chi connectivity index (χ1v) is 8.39. The Kier molecular flexibility index (Phi) is 10.9. The van der Waals surface area contributed by atoms with Crippen LogP contribution in [0.25, 0.3) is 0 Å². The first-order chi connectivity index (χ1) is 10.1. The van der Waals surface area contributed by atoms with Gasteiger partial charge in [-0.3, -0.25) is 4.79 Å². The van der Waals surface area contributed by atoms with Crippen molar-refractivity contribution in [1.29, 1.82) is 0 Å². The number of ether oxygens (including phenoxy) is 3. The standard InChI is InChI=1S/C18H36O4/c1-17(2,3)9-11-21-13-15-22-14-12-20-10-7-8-16(19)18(4,5)6/h7-15H2,1-6H3. The maximum absolute atomic E-state index is 11.7. The summed E-state index contributed by atoms with van der Waals surface area (Å²) in [4.78, 5) is 11.7. The van der Waals surface area contributed by atoms with E-state index in [4.69, 9.17) is 14.2 Å². The Bertz CT molecular complexity index is 286. The third-order valence-corrected chi connectivity index (χ3v) is 3.27. The van der Waals surface area contributed by atoms with Crippen LogP contribution in [0.15, 0.2) is 0 Å². The van der Waals surface area contributed by atoms with Crippen molar-refractivity contribution < 1.29 is 19.0 Å². The lowest BCUT2D eigenvalue weighted by Gasteiger charge is -2.17. The molecule has 4 nitrogen and oxygen atoms in total. The molecule has 0 radical (unpaired) electrons. The molecule has 0 aliphatic carbocycles. The Morgan fingerprint density at radius 3 is 1.64 bits per heavy atom. The highest BCUT2D eigenvalue weighted by Crippen LogP contribution is 2.18. The van der Waals surface area contributed by atoms with Gasteiger partial charge in [0.25, 0.3) is 0 Å². The van der Waals surface area contributed by atoms with E-state index in [9.17, 15) is 4.79 Å². The first kappa shape index (κ1) is 21.6. The molecule has 0 aromatic rings. The van der Waals surface area contributed by atoms with Crippen molar-refractivity contribution in [3.05, 3.63) is 0 Å². The van der Waals surface area contributed by atoms with Gasteiger partial charge in [-0.25, -0.2) is 0 Å². The summed E-state index contributed by atoms with van der Waals surface area (Å²) in [5.74, 6) is 0.291. The second kappa shape index (κ2) is 11.1. The molecule has 0 heterocycles. The quantitative estimate of drug-likeness (QED) is 0.513. The normalized spacial score (nSPS) is 12.6. The van der Waals surface area contributed by atoms with Gasteiger partial charge in [-0.15, -0.1) is 0 Å². The zero-order chi connectivity index (χ0) is 17.1. The molecule has 0 aromatic carbocycles. The van der Waals surface area contributed by atoms with E-state index in [2.05, 4.69) is 20.8 Å². The van der Waals surface area contributed by atoms with Gasteiger partial charge in [0.05, 0.1) is 26.4 Å². The monoisotopic (exact) mass is 316 g/mol. The molecule has 0 aliphatic rings. The van der Waals surface area contributed by atoms with Crippen LogP contribution in [0, 0.1) is 10.8 Å². The molecule has 0 spiro atoms. The summed E-state index contributed by atoms with van der Waals surface area (Å²) in [7, 11) is 0. The summed E-state index contributed by atoms with van der Waals surface area (Å²) < 4.78 is 16.4. The molecule has 0 rings (SSSR count). The third-order valence-electron chi connectivity index (χ3n) is 3.27. The van der Waals surface area contributed by atoms with Crippen LogP contribution >= 0.6 is 0 Å². The molecule has 0 bridgehead atoms. The Morgan fingerprint density at radius 2 is 1.18 bits per heavy atom. The van der Waals surface area contributed by atoms with E-state index >= 15 is 0 Å². The average Bonchev–Trinajstić information content (AvgIpc) is 2.37. The van der Waals surface area contributed by atoms with Crippen molar-refractivity contribution in [2.24, 2.45) is 10.8 Å². The molecular weight excluding hydrogens is 280 g/mol. The van der Waals surface area contributed by atoms with Crippen LogP contribution in [0.4, 0.5) is 0 Å². The maximum atomic E-state index is 11.7. The van der Waals surface area contributed by atoms with Crippen molar-refractivity contribution in [2.45, 2.75) is 60.8 Å². The van der Waals surface area contributed by atoms with Crippen molar-refractivity contribution >= 4 is 5.78 Å². The molecule has 22 heavy (non-hydrogen) atoms. The highest BCUT2D eigenvalue weighted by molar-refractivity contribution is 5.83. The maximum Gasteiger partial charge on any atom is 0.138 e. The Hall–Kier alpha value is -0.450. The van der Waals surface area contributed by atoms with Gasteiger partial charge < -0.3 is 14.2 Å². The molecule has 0 aromatic heterocycles. The number of hydrogen-bond acceptors (Lipinski definition) is 4. The van der Waals surface area contributed by atoms with E-state index < -0.39 is 0 Å². The van der Waals surface area contributed by atoms with Gasteiger partial charge in [0.1, 0.15) is 5.78 Å². The summed E-state index contributed by atoms with van der Waals surface area (Å²) in [5, 5.41) is 0. The van der Waals surface area contributed by atoms with Crippen LogP contribution in [0.3, 0.4) is 0 Å². The highest BCUT2D eigenvalue weighted by atomic mass is 16.5. The fourth-order valence-electron chi connectivity index (χ4n) is 1.63. The molecule has 4 heteroatoms. The lowest BCUT2D eigenvalue weighted by Crippen LogP contribution is -2.20. The topological polar surface area (TPSA) is 44.8 Å². The van der Waals surface area contributed by atoms with Crippen molar-refractivity contribution in [2.75, 3.05) is 39.6 Å². The zero-order valence-electron chi connectivity index (χ0n) is 15.5. The predicted octanol–water partition coefficient (Wildman–Crippen LogP) is 3.87. The summed E-state index contributed by atoms with van der Waals surface area (Å²) in [6.07, 6.45) is 2.43. The Labute approximate surface area is 136 Å². The number of ketones is 1. The highest BCUT2D eigenvalue weighted by Gasteiger charge is 2.19. The third kappa shape index (κ3) is 14.5. The number of carbonyl (C=O) groups is 1. The van der Waals surface area contributed by atoms with Crippen LogP contribution in [0.5, 0.6) is 0 Å².